The molecule has 3 aromatic rings. The number of benzene rings is 1. The highest BCUT2D eigenvalue weighted by atomic mass is 16.1. The lowest BCUT2D eigenvalue weighted by Crippen LogP contribution is -2.30. The van der Waals surface area contributed by atoms with Crippen molar-refractivity contribution in [2.24, 2.45) is 11.5 Å². The minimum atomic E-state index is 0.518. The van der Waals surface area contributed by atoms with E-state index in [1.54, 1.807) is 12.4 Å². The van der Waals surface area contributed by atoms with Crippen LogP contribution in [0.15, 0.2) is 54.9 Å². The summed E-state index contributed by atoms with van der Waals surface area (Å²) in [6.45, 7) is 4.43. The molecule has 9 nitrogen and oxygen atoms in total. The van der Waals surface area contributed by atoms with E-state index in [9.17, 15) is 4.79 Å². The lowest BCUT2D eigenvalue weighted by molar-refractivity contribution is -0.108. The van der Waals surface area contributed by atoms with Gasteiger partial charge in [0.15, 0.2) is 0 Å². The zero-order valence-corrected chi connectivity index (χ0v) is 19.5. The summed E-state index contributed by atoms with van der Waals surface area (Å²) < 4.78 is 0. The smallest absolute Gasteiger partial charge is 0.227 e. The van der Waals surface area contributed by atoms with E-state index < -0.39 is 0 Å². The minimum absolute atomic E-state index is 0.518. The molecule has 0 amide bonds. The second-order valence-corrected chi connectivity index (χ2v) is 7.97. The first-order valence-corrected chi connectivity index (χ1v) is 11.7. The number of aldehydes is 1. The van der Waals surface area contributed by atoms with Crippen molar-refractivity contribution in [1.82, 2.24) is 19.9 Å². The van der Waals surface area contributed by atoms with Crippen LogP contribution >= 0.6 is 0 Å². The standard InChI is InChI=1S/C25H34N8O/c26-10-4-12-28-24-8-7-21(18-30-24)23-9-13-29-25(32-23)31-22-6-3-5-20(17-22)19-33(15-11-27)14-1-2-16-34/h3,5-9,13,16-18H,1-2,4,10-12,14-15,19,26-27H2,(H,28,30)(H,29,31,32). The summed E-state index contributed by atoms with van der Waals surface area (Å²) >= 11 is 0. The highest BCUT2D eigenvalue weighted by Crippen LogP contribution is 2.21. The van der Waals surface area contributed by atoms with Crippen LogP contribution in [0.5, 0.6) is 0 Å². The average Bonchev–Trinajstić information content (AvgIpc) is 2.85. The van der Waals surface area contributed by atoms with Gasteiger partial charge in [0.2, 0.25) is 5.95 Å². The summed E-state index contributed by atoms with van der Waals surface area (Å²) in [5.41, 5.74) is 15.1. The molecule has 0 saturated heterocycles. The number of anilines is 3. The zero-order chi connectivity index (χ0) is 24.0. The molecule has 2 aromatic heterocycles. The van der Waals surface area contributed by atoms with E-state index in [2.05, 4.69) is 42.6 Å². The minimum Gasteiger partial charge on any atom is -0.370 e. The molecule has 0 radical (unpaired) electrons. The first kappa shape index (κ1) is 25.2. The zero-order valence-electron chi connectivity index (χ0n) is 19.5. The van der Waals surface area contributed by atoms with Crippen molar-refractivity contribution in [3.8, 4) is 11.3 Å². The molecule has 180 valence electrons. The van der Waals surface area contributed by atoms with Crippen LogP contribution in [0.25, 0.3) is 11.3 Å². The number of aromatic nitrogens is 3. The van der Waals surface area contributed by atoms with Gasteiger partial charge in [-0.15, -0.1) is 0 Å². The topological polar surface area (TPSA) is 135 Å². The summed E-state index contributed by atoms with van der Waals surface area (Å²) in [6.07, 6.45) is 6.80. The lowest BCUT2D eigenvalue weighted by Gasteiger charge is -2.21. The normalized spacial score (nSPS) is 10.9. The Bertz CT molecular complexity index is 1010. The lowest BCUT2D eigenvalue weighted by atomic mass is 10.1. The number of carbonyl (C=O) groups excluding carboxylic acids is 1. The van der Waals surface area contributed by atoms with Crippen LogP contribution in [0.4, 0.5) is 17.5 Å². The highest BCUT2D eigenvalue weighted by molar-refractivity contribution is 5.62. The molecule has 0 saturated carbocycles. The van der Waals surface area contributed by atoms with Crippen LogP contribution in [0, 0.1) is 0 Å². The first-order chi connectivity index (χ1) is 16.7. The number of nitrogens with zero attached hydrogens (tertiary/aromatic N) is 4. The maximum Gasteiger partial charge on any atom is 0.227 e. The summed E-state index contributed by atoms with van der Waals surface area (Å²) in [6, 6.07) is 14.0. The number of pyridine rings is 1. The van der Waals surface area contributed by atoms with Gasteiger partial charge in [-0.05, 0) is 61.8 Å². The number of nitrogens with one attached hydrogen (secondary N) is 2. The summed E-state index contributed by atoms with van der Waals surface area (Å²) in [7, 11) is 0. The van der Waals surface area contributed by atoms with Crippen LogP contribution in [0.3, 0.4) is 0 Å². The Morgan fingerprint density at radius 3 is 2.68 bits per heavy atom. The Morgan fingerprint density at radius 2 is 1.91 bits per heavy atom. The quantitative estimate of drug-likeness (QED) is 0.199. The first-order valence-electron chi connectivity index (χ1n) is 11.7. The Kier molecular flexibility index (Phi) is 10.4. The third-order valence-electron chi connectivity index (χ3n) is 5.23. The van der Waals surface area contributed by atoms with E-state index in [1.807, 2.05) is 30.3 Å². The fraction of sp³-hybridized carbons (Fsp3) is 0.360. The number of hydrogen-bond donors (Lipinski definition) is 4. The molecular formula is C25H34N8O. The third kappa shape index (κ3) is 8.18. The van der Waals surface area contributed by atoms with Crippen LogP contribution in [0.1, 0.15) is 24.8 Å². The van der Waals surface area contributed by atoms with E-state index in [4.69, 9.17) is 11.5 Å². The SMILES string of the molecule is NCCCNc1ccc(-c2ccnc(Nc3cccc(CN(CCN)CCCC=O)c3)n2)cn1. The van der Waals surface area contributed by atoms with Crippen molar-refractivity contribution in [1.29, 1.82) is 0 Å². The van der Waals surface area contributed by atoms with E-state index >= 15 is 0 Å². The molecule has 0 bridgehead atoms. The van der Waals surface area contributed by atoms with Crippen molar-refractivity contribution < 1.29 is 4.79 Å². The molecule has 1 aromatic carbocycles. The van der Waals surface area contributed by atoms with Crippen LogP contribution in [0.2, 0.25) is 0 Å². The van der Waals surface area contributed by atoms with Gasteiger partial charge in [-0.1, -0.05) is 12.1 Å². The van der Waals surface area contributed by atoms with Crippen molar-refractivity contribution >= 4 is 23.7 Å². The molecule has 0 unspecified atom stereocenters. The van der Waals surface area contributed by atoms with Gasteiger partial charge >= 0.3 is 0 Å². The van der Waals surface area contributed by atoms with Crippen molar-refractivity contribution in [2.45, 2.75) is 25.8 Å². The number of nitrogens with two attached hydrogens (primary N) is 2. The monoisotopic (exact) mass is 462 g/mol. The van der Waals surface area contributed by atoms with Gasteiger partial charge in [0, 0.05) is 56.2 Å². The molecule has 0 aliphatic rings. The Morgan fingerprint density at radius 1 is 1.00 bits per heavy atom. The molecule has 0 aliphatic heterocycles. The summed E-state index contributed by atoms with van der Waals surface area (Å²) in [5, 5.41) is 6.55. The molecule has 6 N–H and O–H groups in total. The van der Waals surface area contributed by atoms with Crippen LogP contribution < -0.4 is 22.1 Å². The summed E-state index contributed by atoms with van der Waals surface area (Å²) in [4.78, 5) is 26.4. The van der Waals surface area contributed by atoms with Gasteiger partial charge in [-0.2, -0.15) is 0 Å². The van der Waals surface area contributed by atoms with Crippen molar-refractivity contribution in [3.63, 3.8) is 0 Å². The maximum atomic E-state index is 10.6. The fourth-order valence-electron chi connectivity index (χ4n) is 3.53. The number of rotatable bonds is 15. The van der Waals surface area contributed by atoms with Gasteiger partial charge < -0.3 is 26.9 Å². The van der Waals surface area contributed by atoms with Crippen molar-refractivity contribution in [2.75, 3.05) is 43.4 Å². The highest BCUT2D eigenvalue weighted by Gasteiger charge is 2.08. The molecule has 2 heterocycles. The average molecular weight is 463 g/mol. The third-order valence-corrected chi connectivity index (χ3v) is 5.23. The van der Waals surface area contributed by atoms with E-state index in [1.165, 1.54) is 0 Å². The number of hydrogen-bond acceptors (Lipinski definition) is 9. The molecule has 0 aliphatic carbocycles. The molecule has 9 heteroatoms. The molecule has 3 rings (SSSR count). The van der Waals surface area contributed by atoms with Gasteiger partial charge in [-0.3, -0.25) is 4.90 Å². The molecule has 34 heavy (non-hydrogen) atoms. The number of unbranched alkanes of at least 4 members (excludes halogenated alkanes) is 1. The van der Waals surface area contributed by atoms with E-state index in [0.29, 0.717) is 25.5 Å². The van der Waals surface area contributed by atoms with Crippen molar-refractivity contribution in [3.05, 3.63) is 60.4 Å². The maximum absolute atomic E-state index is 10.6. The largest absolute Gasteiger partial charge is 0.370 e. The fourth-order valence-corrected chi connectivity index (χ4v) is 3.53. The van der Waals surface area contributed by atoms with E-state index in [0.717, 1.165) is 73.6 Å². The Hall–Kier alpha value is -3.40. The molecular weight excluding hydrogens is 428 g/mol. The second kappa shape index (κ2) is 14.0. The van der Waals surface area contributed by atoms with Crippen LogP contribution in [-0.2, 0) is 11.3 Å². The molecule has 0 spiro atoms. The van der Waals surface area contributed by atoms with E-state index in [-0.39, 0.29) is 0 Å². The number of carbonyl (C=O) groups is 1. The van der Waals surface area contributed by atoms with Gasteiger partial charge in [0.05, 0.1) is 5.69 Å². The Labute approximate surface area is 201 Å². The molecule has 0 atom stereocenters. The second-order valence-electron chi connectivity index (χ2n) is 7.97. The van der Waals surface area contributed by atoms with Gasteiger partial charge in [0.1, 0.15) is 12.1 Å². The Balaban J connectivity index is 1.65. The van der Waals surface area contributed by atoms with Crippen LogP contribution in [-0.4, -0.2) is 58.9 Å². The van der Waals surface area contributed by atoms with Gasteiger partial charge in [0.25, 0.3) is 0 Å². The predicted octanol–water partition coefficient (Wildman–Crippen LogP) is 2.78. The predicted molar refractivity (Wildman–Crippen MR) is 137 cm³/mol. The summed E-state index contributed by atoms with van der Waals surface area (Å²) in [5.74, 6) is 1.33. The molecule has 0 fully saturated rings. The van der Waals surface area contributed by atoms with Gasteiger partial charge in [-0.25, -0.2) is 15.0 Å².